The molecular weight excluding hydrogens is 309 g/mol. The SMILES string of the molecule is COc1ccnc(N2CCCC(CO)(Cc3ccc(F)cc3)C2)n1. The number of aromatic nitrogens is 2. The van der Waals surface area contributed by atoms with Crippen molar-refractivity contribution < 1.29 is 14.2 Å². The Bertz CT molecular complexity index is 680. The number of hydrogen-bond donors (Lipinski definition) is 1. The van der Waals surface area contributed by atoms with Crippen molar-refractivity contribution in [3.8, 4) is 5.88 Å². The molecule has 1 aliphatic rings. The van der Waals surface area contributed by atoms with Gasteiger partial charge in [-0.15, -0.1) is 0 Å². The third-order valence-electron chi connectivity index (χ3n) is 4.60. The van der Waals surface area contributed by atoms with Gasteiger partial charge in [0.25, 0.3) is 0 Å². The van der Waals surface area contributed by atoms with Gasteiger partial charge in [-0.05, 0) is 37.0 Å². The first kappa shape index (κ1) is 16.6. The highest BCUT2D eigenvalue weighted by atomic mass is 19.1. The van der Waals surface area contributed by atoms with E-state index in [9.17, 15) is 9.50 Å². The number of aliphatic hydroxyl groups excluding tert-OH is 1. The summed E-state index contributed by atoms with van der Waals surface area (Å²) >= 11 is 0. The van der Waals surface area contributed by atoms with Gasteiger partial charge in [-0.2, -0.15) is 4.98 Å². The minimum atomic E-state index is -0.275. The van der Waals surface area contributed by atoms with Crippen molar-refractivity contribution in [2.24, 2.45) is 5.41 Å². The molecule has 1 aromatic carbocycles. The van der Waals surface area contributed by atoms with Gasteiger partial charge < -0.3 is 14.7 Å². The molecule has 2 aromatic rings. The van der Waals surface area contributed by atoms with Crippen molar-refractivity contribution in [3.05, 3.63) is 47.9 Å². The van der Waals surface area contributed by atoms with Gasteiger partial charge in [0.1, 0.15) is 5.82 Å². The fourth-order valence-electron chi connectivity index (χ4n) is 3.34. The van der Waals surface area contributed by atoms with Crippen LogP contribution in [0.25, 0.3) is 0 Å². The lowest BCUT2D eigenvalue weighted by molar-refractivity contribution is 0.105. The largest absolute Gasteiger partial charge is 0.481 e. The lowest BCUT2D eigenvalue weighted by Crippen LogP contribution is -2.47. The average molecular weight is 331 g/mol. The van der Waals surface area contributed by atoms with E-state index >= 15 is 0 Å². The van der Waals surface area contributed by atoms with E-state index in [2.05, 4.69) is 14.9 Å². The first-order valence-corrected chi connectivity index (χ1v) is 8.11. The summed E-state index contributed by atoms with van der Waals surface area (Å²) in [5.41, 5.74) is 0.751. The van der Waals surface area contributed by atoms with Gasteiger partial charge in [0, 0.05) is 30.8 Å². The van der Waals surface area contributed by atoms with Gasteiger partial charge in [0.2, 0.25) is 11.8 Å². The van der Waals surface area contributed by atoms with E-state index in [1.54, 1.807) is 31.5 Å². The molecule has 1 aliphatic heterocycles. The topological polar surface area (TPSA) is 58.5 Å². The summed E-state index contributed by atoms with van der Waals surface area (Å²) in [6.45, 7) is 1.58. The van der Waals surface area contributed by atoms with Crippen LogP contribution in [-0.2, 0) is 6.42 Å². The molecule has 0 bridgehead atoms. The standard InChI is InChI=1S/C18H22FN3O2/c1-24-16-7-9-20-17(21-16)22-10-2-8-18(12-22,13-23)11-14-3-5-15(19)6-4-14/h3-7,9,23H,2,8,10-13H2,1H3. The quantitative estimate of drug-likeness (QED) is 0.912. The highest BCUT2D eigenvalue weighted by molar-refractivity contribution is 5.34. The number of methoxy groups -OCH3 is 1. The number of rotatable bonds is 5. The van der Waals surface area contributed by atoms with Crippen LogP contribution in [0.1, 0.15) is 18.4 Å². The first-order valence-electron chi connectivity index (χ1n) is 8.11. The monoisotopic (exact) mass is 331 g/mol. The molecule has 3 rings (SSSR count). The maximum absolute atomic E-state index is 13.1. The second kappa shape index (κ2) is 7.13. The Kier molecular flexibility index (Phi) is 4.94. The minimum absolute atomic E-state index is 0.0743. The maximum Gasteiger partial charge on any atom is 0.228 e. The van der Waals surface area contributed by atoms with Crippen LogP contribution in [0.3, 0.4) is 0 Å². The summed E-state index contributed by atoms with van der Waals surface area (Å²) in [6, 6.07) is 8.21. The summed E-state index contributed by atoms with van der Waals surface area (Å²) in [5, 5.41) is 10.1. The van der Waals surface area contributed by atoms with Gasteiger partial charge in [0.05, 0.1) is 13.7 Å². The number of nitrogens with zero attached hydrogens (tertiary/aromatic N) is 3. The van der Waals surface area contributed by atoms with Crippen LogP contribution >= 0.6 is 0 Å². The average Bonchev–Trinajstić information content (AvgIpc) is 2.64. The molecule has 0 spiro atoms. The third kappa shape index (κ3) is 3.64. The van der Waals surface area contributed by atoms with Gasteiger partial charge in [-0.1, -0.05) is 12.1 Å². The van der Waals surface area contributed by atoms with Crippen LogP contribution in [0.15, 0.2) is 36.5 Å². The van der Waals surface area contributed by atoms with E-state index in [0.717, 1.165) is 24.9 Å². The molecule has 1 fully saturated rings. The number of aliphatic hydroxyl groups is 1. The third-order valence-corrected chi connectivity index (χ3v) is 4.60. The van der Waals surface area contributed by atoms with E-state index in [1.807, 2.05) is 0 Å². The van der Waals surface area contributed by atoms with E-state index < -0.39 is 0 Å². The lowest BCUT2D eigenvalue weighted by atomic mass is 9.76. The van der Waals surface area contributed by atoms with Crippen LogP contribution in [-0.4, -0.2) is 41.9 Å². The number of anilines is 1. The van der Waals surface area contributed by atoms with Crippen molar-refractivity contribution in [3.63, 3.8) is 0 Å². The zero-order chi connectivity index (χ0) is 17.0. The van der Waals surface area contributed by atoms with Crippen molar-refractivity contribution in [1.82, 2.24) is 9.97 Å². The van der Waals surface area contributed by atoms with Crippen LogP contribution in [0.2, 0.25) is 0 Å². The number of benzene rings is 1. The Hall–Kier alpha value is -2.21. The molecular formula is C18H22FN3O2. The van der Waals surface area contributed by atoms with Gasteiger partial charge >= 0.3 is 0 Å². The Morgan fingerprint density at radius 1 is 1.29 bits per heavy atom. The van der Waals surface area contributed by atoms with E-state index in [-0.39, 0.29) is 17.8 Å². The molecule has 1 aromatic heterocycles. The number of halogens is 1. The Balaban J connectivity index is 1.79. The van der Waals surface area contributed by atoms with Crippen LogP contribution in [0.5, 0.6) is 5.88 Å². The van der Waals surface area contributed by atoms with Crippen molar-refractivity contribution >= 4 is 5.95 Å². The number of hydrogen-bond acceptors (Lipinski definition) is 5. The van der Waals surface area contributed by atoms with Crippen LogP contribution in [0, 0.1) is 11.2 Å². The molecule has 6 heteroatoms. The van der Waals surface area contributed by atoms with Crippen LogP contribution in [0.4, 0.5) is 10.3 Å². The van der Waals surface area contributed by atoms with E-state index in [0.29, 0.717) is 24.8 Å². The number of ether oxygens (including phenoxy) is 1. The second-order valence-electron chi connectivity index (χ2n) is 6.39. The molecule has 0 radical (unpaired) electrons. The molecule has 1 N–H and O–H groups in total. The zero-order valence-corrected chi connectivity index (χ0v) is 13.8. The van der Waals surface area contributed by atoms with E-state index in [1.165, 1.54) is 12.1 Å². The van der Waals surface area contributed by atoms with Crippen LogP contribution < -0.4 is 9.64 Å². The summed E-state index contributed by atoms with van der Waals surface area (Å²) in [6.07, 6.45) is 4.24. The Morgan fingerprint density at radius 2 is 2.08 bits per heavy atom. The Labute approximate surface area is 141 Å². The molecule has 128 valence electrons. The predicted octanol–water partition coefficient (Wildman–Crippen LogP) is 2.45. The molecule has 1 unspecified atom stereocenters. The Morgan fingerprint density at radius 3 is 2.79 bits per heavy atom. The predicted molar refractivity (Wildman–Crippen MR) is 89.7 cm³/mol. The van der Waals surface area contributed by atoms with Gasteiger partial charge in [-0.3, -0.25) is 0 Å². The zero-order valence-electron chi connectivity index (χ0n) is 13.8. The second-order valence-corrected chi connectivity index (χ2v) is 6.39. The smallest absolute Gasteiger partial charge is 0.228 e. The molecule has 0 amide bonds. The molecule has 0 aliphatic carbocycles. The highest BCUT2D eigenvalue weighted by Gasteiger charge is 2.36. The van der Waals surface area contributed by atoms with Gasteiger partial charge in [-0.25, -0.2) is 9.37 Å². The number of piperidine rings is 1. The summed E-state index contributed by atoms with van der Waals surface area (Å²) in [5.74, 6) is 0.900. The molecule has 5 nitrogen and oxygen atoms in total. The van der Waals surface area contributed by atoms with Crippen molar-refractivity contribution in [1.29, 1.82) is 0 Å². The lowest BCUT2D eigenvalue weighted by Gasteiger charge is -2.42. The fourth-order valence-corrected chi connectivity index (χ4v) is 3.34. The molecule has 1 saturated heterocycles. The molecule has 24 heavy (non-hydrogen) atoms. The summed E-state index contributed by atoms with van der Waals surface area (Å²) in [4.78, 5) is 10.8. The van der Waals surface area contributed by atoms with Crippen molar-refractivity contribution in [2.75, 3.05) is 31.7 Å². The molecule has 1 atom stereocenters. The van der Waals surface area contributed by atoms with E-state index in [4.69, 9.17) is 4.74 Å². The normalized spacial score (nSPS) is 20.9. The van der Waals surface area contributed by atoms with Crippen molar-refractivity contribution in [2.45, 2.75) is 19.3 Å². The summed E-state index contributed by atoms with van der Waals surface area (Å²) in [7, 11) is 1.58. The minimum Gasteiger partial charge on any atom is -0.481 e. The fraction of sp³-hybridized carbons (Fsp3) is 0.444. The molecule has 2 heterocycles. The first-order chi connectivity index (χ1) is 11.6. The summed E-state index contributed by atoms with van der Waals surface area (Å²) < 4.78 is 18.3. The van der Waals surface area contributed by atoms with Gasteiger partial charge in [0.15, 0.2) is 0 Å². The highest BCUT2D eigenvalue weighted by Crippen LogP contribution is 2.34. The molecule has 0 saturated carbocycles. The maximum atomic E-state index is 13.1.